The Morgan fingerprint density at radius 2 is 1.95 bits per heavy atom. The van der Waals surface area contributed by atoms with Crippen LogP contribution in [0.25, 0.3) is 0 Å². The van der Waals surface area contributed by atoms with E-state index in [4.69, 9.17) is 4.74 Å². The van der Waals surface area contributed by atoms with Crippen LogP contribution in [0.15, 0.2) is 48.7 Å². The van der Waals surface area contributed by atoms with Gasteiger partial charge in [0, 0.05) is 24.3 Å². The molecule has 1 heterocycles. The van der Waals surface area contributed by atoms with E-state index in [9.17, 15) is 0 Å². The Morgan fingerprint density at radius 1 is 1.11 bits per heavy atom. The van der Waals surface area contributed by atoms with Gasteiger partial charge in [-0.1, -0.05) is 36.4 Å². The molecule has 0 radical (unpaired) electrons. The summed E-state index contributed by atoms with van der Waals surface area (Å²) in [7, 11) is 0. The molecule has 1 N–H and O–H groups in total. The number of pyridine rings is 1. The van der Waals surface area contributed by atoms with Crippen LogP contribution in [0.3, 0.4) is 0 Å². The van der Waals surface area contributed by atoms with Gasteiger partial charge in [-0.05, 0) is 24.5 Å². The van der Waals surface area contributed by atoms with Gasteiger partial charge in [0.05, 0.1) is 0 Å². The van der Waals surface area contributed by atoms with Crippen LogP contribution >= 0.6 is 0 Å². The topological polar surface area (TPSA) is 34.1 Å². The van der Waals surface area contributed by atoms with Crippen LogP contribution in [-0.4, -0.2) is 11.0 Å². The first-order valence-electron chi connectivity index (χ1n) is 6.76. The Balaban J connectivity index is 1.62. The lowest BCUT2D eigenvalue weighted by Gasteiger charge is -2.10. The van der Waals surface area contributed by atoms with Crippen molar-refractivity contribution in [2.24, 2.45) is 0 Å². The van der Waals surface area contributed by atoms with E-state index in [-0.39, 0.29) is 0 Å². The van der Waals surface area contributed by atoms with E-state index in [1.165, 1.54) is 12.8 Å². The van der Waals surface area contributed by atoms with E-state index in [2.05, 4.69) is 28.5 Å². The molecular formula is C16H18N2O. The minimum Gasteiger partial charge on any atom is -0.473 e. The molecule has 0 saturated heterocycles. The highest BCUT2D eigenvalue weighted by atomic mass is 16.5. The maximum Gasteiger partial charge on any atom is 0.218 e. The highest BCUT2D eigenvalue weighted by molar-refractivity contribution is 5.26. The van der Waals surface area contributed by atoms with Gasteiger partial charge in [-0.3, -0.25) is 0 Å². The molecule has 0 aliphatic heterocycles. The maximum absolute atomic E-state index is 5.82. The van der Waals surface area contributed by atoms with Gasteiger partial charge in [-0.25, -0.2) is 4.98 Å². The second-order valence-electron chi connectivity index (χ2n) is 4.90. The first kappa shape index (κ1) is 12.2. The quantitative estimate of drug-likeness (QED) is 0.860. The third-order valence-corrected chi connectivity index (χ3v) is 3.23. The van der Waals surface area contributed by atoms with Crippen molar-refractivity contribution in [3.05, 3.63) is 59.8 Å². The molecule has 1 fully saturated rings. The molecule has 0 bridgehead atoms. The predicted molar refractivity (Wildman–Crippen MR) is 74.9 cm³/mol. The van der Waals surface area contributed by atoms with E-state index < -0.39 is 0 Å². The highest BCUT2D eigenvalue weighted by Crippen LogP contribution is 2.21. The average Bonchev–Trinajstić information content (AvgIpc) is 3.29. The zero-order chi connectivity index (χ0) is 12.9. The number of aromatic nitrogens is 1. The second-order valence-corrected chi connectivity index (χ2v) is 4.90. The van der Waals surface area contributed by atoms with Gasteiger partial charge >= 0.3 is 0 Å². The molecule has 3 heteroatoms. The molecular weight excluding hydrogens is 236 g/mol. The number of rotatable bonds is 6. The van der Waals surface area contributed by atoms with Crippen molar-refractivity contribution in [2.75, 3.05) is 0 Å². The number of nitrogens with one attached hydrogen (secondary N) is 1. The lowest BCUT2D eigenvalue weighted by molar-refractivity contribution is 0.289. The van der Waals surface area contributed by atoms with Crippen LogP contribution in [0.5, 0.6) is 5.88 Å². The van der Waals surface area contributed by atoms with Crippen molar-refractivity contribution >= 4 is 0 Å². The van der Waals surface area contributed by atoms with Crippen molar-refractivity contribution in [1.82, 2.24) is 10.3 Å². The van der Waals surface area contributed by atoms with E-state index >= 15 is 0 Å². The Labute approximate surface area is 113 Å². The van der Waals surface area contributed by atoms with Crippen LogP contribution in [0, 0.1) is 0 Å². The van der Waals surface area contributed by atoms with E-state index in [0.717, 1.165) is 23.6 Å². The zero-order valence-corrected chi connectivity index (χ0v) is 10.9. The fourth-order valence-corrected chi connectivity index (χ4v) is 1.96. The van der Waals surface area contributed by atoms with Crippen LogP contribution in [0.4, 0.5) is 0 Å². The highest BCUT2D eigenvalue weighted by Gasteiger charge is 2.20. The lowest BCUT2D eigenvalue weighted by atomic mass is 10.2. The zero-order valence-electron chi connectivity index (χ0n) is 10.9. The Hall–Kier alpha value is -1.87. The molecule has 1 saturated carbocycles. The Kier molecular flexibility index (Phi) is 3.75. The molecule has 19 heavy (non-hydrogen) atoms. The van der Waals surface area contributed by atoms with E-state index in [1.807, 2.05) is 24.3 Å². The third-order valence-electron chi connectivity index (χ3n) is 3.23. The summed E-state index contributed by atoms with van der Waals surface area (Å²) in [5.74, 6) is 0.736. The molecule has 3 rings (SSSR count). The number of nitrogens with zero attached hydrogens (tertiary/aromatic N) is 1. The number of hydrogen-bond donors (Lipinski definition) is 1. The smallest absolute Gasteiger partial charge is 0.218 e. The molecule has 1 aliphatic carbocycles. The van der Waals surface area contributed by atoms with Crippen LogP contribution in [-0.2, 0) is 13.2 Å². The molecule has 1 aromatic carbocycles. The van der Waals surface area contributed by atoms with Gasteiger partial charge in [-0.2, -0.15) is 0 Å². The van der Waals surface area contributed by atoms with Crippen LogP contribution in [0.2, 0.25) is 0 Å². The monoisotopic (exact) mass is 254 g/mol. The normalized spacial score (nSPS) is 14.3. The van der Waals surface area contributed by atoms with Crippen molar-refractivity contribution in [3.63, 3.8) is 0 Å². The minimum atomic E-state index is 0.564. The largest absolute Gasteiger partial charge is 0.473 e. The first-order valence-corrected chi connectivity index (χ1v) is 6.76. The van der Waals surface area contributed by atoms with Crippen LogP contribution in [0.1, 0.15) is 24.0 Å². The molecule has 2 aromatic rings. The lowest BCUT2D eigenvalue weighted by Crippen LogP contribution is -2.16. The van der Waals surface area contributed by atoms with Gasteiger partial charge in [0.15, 0.2) is 0 Å². The van der Waals surface area contributed by atoms with Crippen molar-refractivity contribution < 1.29 is 4.74 Å². The summed E-state index contributed by atoms with van der Waals surface area (Å²) >= 11 is 0. The van der Waals surface area contributed by atoms with Gasteiger partial charge < -0.3 is 10.1 Å². The summed E-state index contributed by atoms with van der Waals surface area (Å²) in [6, 6.07) is 14.9. The summed E-state index contributed by atoms with van der Waals surface area (Å²) < 4.78 is 5.82. The molecule has 3 nitrogen and oxygen atoms in total. The molecule has 0 unspecified atom stereocenters. The molecule has 0 spiro atoms. The average molecular weight is 254 g/mol. The summed E-state index contributed by atoms with van der Waals surface area (Å²) in [4.78, 5) is 4.33. The van der Waals surface area contributed by atoms with Crippen LogP contribution < -0.4 is 10.1 Å². The summed E-state index contributed by atoms with van der Waals surface area (Å²) in [5.41, 5.74) is 2.29. The van der Waals surface area contributed by atoms with Crippen molar-refractivity contribution in [2.45, 2.75) is 32.0 Å². The third kappa shape index (κ3) is 3.55. The maximum atomic E-state index is 5.82. The molecule has 98 valence electrons. The molecule has 1 aliphatic rings. The summed E-state index contributed by atoms with van der Waals surface area (Å²) in [5, 5.41) is 3.49. The predicted octanol–water partition coefficient (Wildman–Crippen LogP) is 2.91. The fraction of sp³-hybridized carbons (Fsp3) is 0.312. The number of ether oxygens (including phenoxy) is 1. The second kappa shape index (κ2) is 5.85. The van der Waals surface area contributed by atoms with Gasteiger partial charge in [0.2, 0.25) is 5.88 Å². The van der Waals surface area contributed by atoms with E-state index in [1.54, 1.807) is 6.20 Å². The molecule has 1 aromatic heterocycles. The Morgan fingerprint density at radius 3 is 2.74 bits per heavy atom. The molecule has 0 amide bonds. The standard InChI is InChI=1S/C16H18N2O/c1-2-5-13(6-3-1)12-19-16-14(7-4-10-17-16)11-18-15-8-9-15/h1-7,10,15,18H,8-9,11-12H2. The first-order chi connectivity index (χ1) is 9.42. The van der Waals surface area contributed by atoms with Crippen molar-refractivity contribution in [3.8, 4) is 5.88 Å². The fourth-order valence-electron chi connectivity index (χ4n) is 1.96. The number of hydrogen-bond acceptors (Lipinski definition) is 3. The number of benzene rings is 1. The van der Waals surface area contributed by atoms with Gasteiger partial charge in [-0.15, -0.1) is 0 Å². The molecule has 0 atom stereocenters. The SMILES string of the molecule is c1ccc(COc2ncccc2CNC2CC2)cc1. The van der Waals surface area contributed by atoms with E-state index in [0.29, 0.717) is 12.6 Å². The summed E-state index contributed by atoms with van der Waals surface area (Å²) in [6.07, 6.45) is 4.36. The Bertz CT molecular complexity index is 523. The summed E-state index contributed by atoms with van der Waals surface area (Å²) in [6.45, 7) is 1.40. The van der Waals surface area contributed by atoms with Gasteiger partial charge in [0.25, 0.3) is 0 Å². The van der Waals surface area contributed by atoms with Gasteiger partial charge in [0.1, 0.15) is 6.61 Å². The minimum absolute atomic E-state index is 0.564. The van der Waals surface area contributed by atoms with Crippen molar-refractivity contribution in [1.29, 1.82) is 0 Å².